The summed E-state index contributed by atoms with van der Waals surface area (Å²) in [4.78, 5) is 37.3. The first-order valence-corrected chi connectivity index (χ1v) is 10.0. The molecule has 0 saturated heterocycles. The number of fused-ring (bicyclic) bond motifs is 1. The average Bonchev–Trinajstić information content (AvgIpc) is 2.82. The quantitative estimate of drug-likeness (QED) is 0.453. The fraction of sp³-hybridized carbons (Fsp3) is 0.125. The number of hydrogen-bond acceptors (Lipinski definition) is 5. The van der Waals surface area contributed by atoms with Crippen LogP contribution in [0.15, 0.2) is 64.2 Å². The third-order valence-electron chi connectivity index (χ3n) is 5.32. The Kier molecular flexibility index (Phi) is 5.89. The minimum atomic E-state index is -1.05. The van der Waals surface area contributed by atoms with Gasteiger partial charge in [-0.1, -0.05) is 6.07 Å². The third kappa shape index (κ3) is 4.01. The number of rotatable bonds is 5. The lowest BCUT2D eigenvalue weighted by Crippen LogP contribution is -2.39. The second-order valence-electron chi connectivity index (χ2n) is 7.39. The molecule has 4 aromatic rings. The van der Waals surface area contributed by atoms with Gasteiger partial charge in [-0.05, 0) is 42.5 Å². The van der Waals surface area contributed by atoms with Gasteiger partial charge in [0.2, 0.25) is 0 Å². The number of anilines is 1. The molecular formula is C24H19F2N3O5. The van der Waals surface area contributed by atoms with Gasteiger partial charge in [-0.15, -0.1) is 0 Å². The van der Waals surface area contributed by atoms with E-state index in [-0.39, 0.29) is 11.4 Å². The summed E-state index contributed by atoms with van der Waals surface area (Å²) in [5.74, 6) is -2.09. The average molecular weight is 467 g/mol. The highest BCUT2D eigenvalue weighted by Gasteiger charge is 2.21. The summed E-state index contributed by atoms with van der Waals surface area (Å²) >= 11 is 0. The predicted octanol–water partition coefficient (Wildman–Crippen LogP) is 3.57. The zero-order valence-electron chi connectivity index (χ0n) is 18.4. The molecule has 34 heavy (non-hydrogen) atoms. The monoisotopic (exact) mass is 467 g/mol. The summed E-state index contributed by atoms with van der Waals surface area (Å²) < 4.78 is 41.6. The van der Waals surface area contributed by atoms with E-state index in [1.54, 1.807) is 24.3 Å². The maximum atomic E-state index is 14.2. The molecule has 0 saturated carbocycles. The number of hydrogen-bond donors (Lipinski definition) is 1. The number of aryl methyl sites for hydroxylation is 2. The molecule has 0 spiro atoms. The van der Waals surface area contributed by atoms with Gasteiger partial charge >= 0.3 is 11.1 Å². The zero-order chi connectivity index (χ0) is 24.6. The Labute approximate surface area is 191 Å². The highest BCUT2D eigenvalue weighted by molar-refractivity contribution is 6.06. The molecule has 0 aliphatic rings. The van der Waals surface area contributed by atoms with Crippen LogP contribution in [0.4, 0.5) is 14.5 Å². The van der Waals surface area contributed by atoms with Crippen LogP contribution in [0.2, 0.25) is 0 Å². The van der Waals surface area contributed by atoms with Gasteiger partial charge < -0.3 is 23.9 Å². The normalized spacial score (nSPS) is 10.9. The third-order valence-corrected chi connectivity index (χ3v) is 5.32. The molecule has 1 aromatic heterocycles. The summed E-state index contributed by atoms with van der Waals surface area (Å²) in [7, 11) is 4.34. The fourth-order valence-corrected chi connectivity index (χ4v) is 3.45. The fourth-order valence-electron chi connectivity index (χ4n) is 3.45. The number of halogens is 2. The Morgan fingerprint density at radius 1 is 0.853 bits per heavy atom. The number of nitrogens with zero attached hydrogens (tertiary/aromatic N) is 2. The Morgan fingerprint density at radius 2 is 1.38 bits per heavy atom. The van der Waals surface area contributed by atoms with Crippen molar-refractivity contribution in [1.82, 2.24) is 9.13 Å². The number of methoxy groups -OCH3 is 1. The minimum absolute atomic E-state index is 0.0321. The molecule has 0 atom stereocenters. The Balaban J connectivity index is 1.88. The van der Waals surface area contributed by atoms with E-state index in [0.717, 1.165) is 27.3 Å². The first kappa shape index (κ1) is 22.7. The molecule has 0 radical (unpaired) electrons. The van der Waals surface area contributed by atoms with Crippen molar-refractivity contribution in [2.24, 2.45) is 14.1 Å². The van der Waals surface area contributed by atoms with Crippen molar-refractivity contribution >= 4 is 22.6 Å². The zero-order valence-corrected chi connectivity index (χ0v) is 18.4. The lowest BCUT2D eigenvalue weighted by atomic mass is 10.1. The van der Waals surface area contributed by atoms with Crippen molar-refractivity contribution in [3.8, 4) is 17.2 Å². The minimum Gasteiger partial charge on any atom is -0.497 e. The summed E-state index contributed by atoms with van der Waals surface area (Å²) in [6.07, 6.45) is 0. The van der Waals surface area contributed by atoms with Gasteiger partial charge in [-0.25, -0.2) is 8.78 Å². The van der Waals surface area contributed by atoms with Gasteiger partial charge in [0.1, 0.15) is 28.7 Å². The molecule has 0 bridgehead atoms. The molecule has 174 valence electrons. The lowest BCUT2D eigenvalue weighted by Gasteiger charge is -2.17. The number of benzene rings is 3. The van der Waals surface area contributed by atoms with Crippen LogP contribution < -0.4 is 25.9 Å². The van der Waals surface area contributed by atoms with E-state index in [1.807, 2.05) is 0 Å². The van der Waals surface area contributed by atoms with E-state index >= 15 is 0 Å². The van der Waals surface area contributed by atoms with Crippen LogP contribution in [-0.4, -0.2) is 22.2 Å². The van der Waals surface area contributed by atoms with Crippen LogP contribution in [0, 0.1) is 11.6 Å². The number of aromatic nitrogens is 2. The Morgan fingerprint density at radius 3 is 1.94 bits per heavy atom. The number of nitrogens with one attached hydrogen (secondary N) is 1. The standard InChI is InChI=1S/C24H19F2N3O5/c1-28-18-11-17(27-22(30)21-15(25)5-4-6-16(21)26)20(12-19(18)29(2)24(32)23(28)31)34-14-9-7-13(33-3)8-10-14/h4-12H,1-3H3,(H,27,30). The van der Waals surface area contributed by atoms with Crippen LogP contribution in [0.5, 0.6) is 17.2 Å². The van der Waals surface area contributed by atoms with Gasteiger partial charge in [0.05, 0.1) is 23.8 Å². The SMILES string of the molecule is COc1ccc(Oc2cc3c(cc2NC(=O)c2c(F)cccc2F)n(C)c(=O)c(=O)n3C)cc1. The molecule has 3 aromatic carbocycles. The van der Waals surface area contributed by atoms with Crippen molar-refractivity contribution in [1.29, 1.82) is 0 Å². The van der Waals surface area contributed by atoms with Gasteiger partial charge in [-0.3, -0.25) is 14.4 Å². The Hall–Kier alpha value is -4.47. The molecule has 0 unspecified atom stereocenters. The van der Waals surface area contributed by atoms with Crippen molar-refractivity contribution in [3.63, 3.8) is 0 Å². The maximum Gasteiger partial charge on any atom is 0.316 e. The highest BCUT2D eigenvalue weighted by Crippen LogP contribution is 2.34. The summed E-state index contributed by atoms with van der Waals surface area (Å²) in [5.41, 5.74) is -1.65. The van der Waals surface area contributed by atoms with Crippen molar-refractivity contribution < 1.29 is 23.0 Å². The van der Waals surface area contributed by atoms with E-state index in [9.17, 15) is 23.2 Å². The van der Waals surface area contributed by atoms with Crippen molar-refractivity contribution in [3.05, 3.63) is 92.5 Å². The first-order chi connectivity index (χ1) is 16.2. The molecule has 0 aliphatic heterocycles. The van der Waals surface area contributed by atoms with Crippen molar-refractivity contribution in [2.45, 2.75) is 0 Å². The van der Waals surface area contributed by atoms with Crippen LogP contribution >= 0.6 is 0 Å². The van der Waals surface area contributed by atoms with E-state index in [1.165, 1.54) is 33.3 Å². The topological polar surface area (TPSA) is 91.6 Å². The molecular weight excluding hydrogens is 448 g/mol. The van der Waals surface area contributed by atoms with Crippen LogP contribution in [0.3, 0.4) is 0 Å². The van der Waals surface area contributed by atoms with Crippen molar-refractivity contribution in [2.75, 3.05) is 12.4 Å². The van der Waals surface area contributed by atoms with E-state index in [2.05, 4.69) is 5.32 Å². The van der Waals surface area contributed by atoms with Gasteiger partial charge in [0.25, 0.3) is 5.91 Å². The van der Waals surface area contributed by atoms with Crippen LogP contribution in [0.1, 0.15) is 10.4 Å². The molecule has 0 aliphatic carbocycles. The lowest BCUT2D eigenvalue weighted by molar-refractivity contribution is 0.101. The summed E-state index contributed by atoms with van der Waals surface area (Å²) in [6.45, 7) is 0. The molecule has 8 nitrogen and oxygen atoms in total. The molecule has 1 N–H and O–H groups in total. The molecule has 1 heterocycles. The maximum absolute atomic E-state index is 14.2. The smallest absolute Gasteiger partial charge is 0.316 e. The van der Waals surface area contributed by atoms with E-state index in [0.29, 0.717) is 22.5 Å². The number of carbonyl (C=O) groups excluding carboxylic acids is 1. The number of carbonyl (C=O) groups is 1. The number of amides is 1. The Bertz CT molecular complexity index is 1520. The summed E-state index contributed by atoms with van der Waals surface area (Å²) in [5, 5.41) is 2.45. The molecule has 10 heteroatoms. The largest absolute Gasteiger partial charge is 0.497 e. The van der Waals surface area contributed by atoms with Crippen LogP contribution in [0.25, 0.3) is 11.0 Å². The second-order valence-corrected chi connectivity index (χ2v) is 7.39. The predicted molar refractivity (Wildman–Crippen MR) is 122 cm³/mol. The highest BCUT2D eigenvalue weighted by atomic mass is 19.1. The van der Waals surface area contributed by atoms with Gasteiger partial charge in [0, 0.05) is 20.2 Å². The van der Waals surface area contributed by atoms with Gasteiger partial charge in [0.15, 0.2) is 5.75 Å². The first-order valence-electron chi connectivity index (χ1n) is 10.0. The van der Waals surface area contributed by atoms with Crippen LogP contribution in [-0.2, 0) is 14.1 Å². The van der Waals surface area contributed by atoms with E-state index < -0.39 is 34.2 Å². The molecule has 4 rings (SSSR count). The summed E-state index contributed by atoms with van der Waals surface area (Å²) in [6, 6.07) is 12.5. The molecule has 0 fully saturated rings. The second kappa shape index (κ2) is 8.81. The van der Waals surface area contributed by atoms with E-state index in [4.69, 9.17) is 9.47 Å². The molecule has 1 amide bonds. The number of ether oxygens (including phenoxy) is 2. The van der Waals surface area contributed by atoms with Gasteiger partial charge in [-0.2, -0.15) is 0 Å².